The van der Waals surface area contributed by atoms with Crippen LogP contribution in [0.3, 0.4) is 0 Å². The molecule has 0 radical (unpaired) electrons. The number of likely N-dealkylation sites (tertiary alicyclic amines) is 1. The number of carbonyl (C=O) groups is 3. The van der Waals surface area contributed by atoms with Crippen LogP contribution in [0.5, 0.6) is 0 Å². The van der Waals surface area contributed by atoms with Crippen molar-refractivity contribution in [2.24, 2.45) is 17.8 Å². The summed E-state index contributed by atoms with van der Waals surface area (Å²) in [5.74, 6) is -1.70. The molecule has 2 N–H and O–H groups in total. The maximum absolute atomic E-state index is 13.8. The minimum absolute atomic E-state index is 0.102. The minimum atomic E-state index is -1.17. The van der Waals surface area contributed by atoms with E-state index >= 15 is 0 Å². The second-order valence-corrected chi connectivity index (χ2v) is 10.7. The van der Waals surface area contributed by atoms with Crippen LogP contribution in [0.15, 0.2) is 55.1 Å². The van der Waals surface area contributed by atoms with Crippen LogP contribution in [0.2, 0.25) is 0 Å². The van der Waals surface area contributed by atoms with Gasteiger partial charge < -0.3 is 20.3 Å². The molecule has 2 bridgehead atoms. The lowest BCUT2D eigenvalue weighted by atomic mass is 9.70. The highest BCUT2D eigenvalue weighted by molar-refractivity contribution is 6.00. The fraction of sp³-hybridized carbons (Fsp3) is 0.536. The van der Waals surface area contributed by atoms with Gasteiger partial charge in [0.1, 0.15) is 11.6 Å². The van der Waals surface area contributed by atoms with Gasteiger partial charge in [-0.25, -0.2) is 0 Å². The van der Waals surface area contributed by atoms with E-state index in [0.717, 1.165) is 24.8 Å². The molecule has 1 aromatic rings. The number of nitrogens with zero attached hydrogens (tertiary/aromatic N) is 1. The second kappa shape index (κ2) is 8.94. The van der Waals surface area contributed by atoms with Crippen LogP contribution in [-0.4, -0.2) is 52.5 Å². The third-order valence-corrected chi connectivity index (χ3v) is 8.40. The van der Waals surface area contributed by atoms with Crippen molar-refractivity contribution in [1.29, 1.82) is 0 Å². The number of rotatable bonds is 7. The molecule has 7 heteroatoms. The number of ether oxygens (including phenoxy) is 1. The molecule has 2 saturated heterocycles. The maximum atomic E-state index is 13.8. The Kier molecular flexibility index (Phi) is 6.08. The number of benzene rings is 1. The molecule has 35 heavy (non-hydrogen) atoms. The first-order valence-electron chi connectivity index (χ1n) is 12.7. The SMILES string of the molecule is C=CCN1C(=O)[C@H]2[C@@H](C(=O)N[C@H]3CCCC[C@H]3C)[C@]3(C)C=C[C@]2(O3)[C@H]1C(=O)NCc1ccccc1. The Balaban J connectivity index is 1.42. The number of hydrogen-bond acceptors (Lipinski definition) is 4. The zero-order valence-corrected chi connectivity index (χ0v) is 20.5. The first-order valence-corrected chi connectivity index (χ1v) is 12.7. The van der Waals surface area contributed by atoms with Crippen LogP contribution in [0.4, 0.5) is 0 Å². The van der Waals surface area contributed by atoms with Crippen LogP contribution in [0.1, 0.15) is 45.1 Å². The van der Waals surface area contributed by atoms with Gasteiger partial charge in [-0.15, -0.1) is 6.58 Å². The van der Waals surface area contributed by atoms with Gasteiger partial charge in [-0.2, -0.15) is 0 Å². The number of nitrogens with one attached hydrogen (secondary N) is 2. The van der Waals surface area contributed by atoms with E-state index in [0.29, 0.717) is 12.5 Å². The van der Waals surface area contributed by atoms with E-state index in [2.05, 4.69) is 24.1 Å². The van der Waals surface area contributed by atoms with Gasteiger partial charge in [-0.1, -0.05) is 68.3 Å². The highest BCUT2D eigenvalue weighted by Gasteiger charge is 2.76. The molecule has 7 nitrogen and oxygen atoms in total. The predicted molar refractivity (Wildman–Crippen MR) is 132 cm³/mol. The lowest BCUT2D eigenvalue weighted by Gasteiger charge is -2.34. The van der Waals surface area contributed by atoms with Crippen LogP contribution in [-0.2, 0) is 25.7 Å². The fourth-order valence-electron chi connectivity index (χ4n) is 6.65. The van der Waals surface area contributed by atoms with Crippen molar-refractivity contribution in [3.63, 3.8) is 0 Å². The van der Waals surface area contributed by atoms with E-state index in [-0.39, 0.29) is 30.3 Å². The van der Waals surface area contributed by atoms with Crippen LogP contribution < -0.4 is 10.6 Å². The molecule has 4 aliphatic rings. The fourth-order valence-corrected chi connectivity index (χ4v) is 6.65. The number of amides is 3. The molecule has 3 amide bonds. The Labute approximate surface area is 207 Å². The van der Waals surface area contributed by atoms with Crippen molar-refractivity contribution in [1.82, 2.24) is 15.5 Å². The summed E-state index contributed by atoms with van der Waals surface area (Å²) < 4.78 is 6.52. The summed E-state index contributed by atoms with van der Waals surface area (Å²) in [5, 5.41) is 6.23. The Hall–Kier alpha value is -2.93. The van der Waals surface area contributed by atoms with Crippen molar-refractivity contribution in [3.05, 3.63) is 60.7 Å². The maximum Gasteiger partial charge on any atom is 0.246 e. The van der Waals surface area contributed by atoms with Crippen LogP contribution >= 0.6 is 0 Å². The van der Waals surface area contributed by atoms with Gasteiger partial charge in [0.15, 0.2) is 0 Å². The molecule has 0 aromatic heterocycles. The second-order valence-electron chi connectivity index (χ2n) is 10.7. The molecule has 1 saturated carbocycles. The normalized spacial score (nSPS) is 37.3. The van der Waals surface area contributed by atoms with Gasteiger partial charge in [0.05, 0.1) is 17.4 Å². The topological polar surface area (TPSA) is 87.7 Å². The minimum Gasteiger partial charge on any atom is -0.356 e. The molecule has 7 atom stereocenters. The Morgan fingerprint density at radius 3 is 2.63 bits per heavy atom. The van der Waals surface area contributed by atoms with Crippen molar-refractivity contribution < 1.29 is 19.1 Å². The van der Waals surface area contributed by atoms with Gasteiger partial charge in [0.2, 0.25) is 17.7 Å². The Bertz CT molecular complexity index is 1060. The monoisotopic (exact) mass is 477 g/mol. The van der Waals surface area contributed by atoms with Crippen molar-refractivity contribution in [2.45, 2.75) is 69.4 Å². The van der Waals surface area contributed by atoms with Crippen LogP contribution in [0, 0.1) is 17.8 Å². The molecular weight excluding hydrogens is 442 g/mol. The predicted octanol–water partition coefficient (Wildman–Crippen LogP) is 2.72. The third-order valence-electron chi connectivity index (χ3n) is 8.40. The third kappa shape index (κ3) is 3.80. The smallest absolute Gasteiger partial charge is 0.246 e. The van der Waals surface area contributed by atoms with E-state index < -0.39 is 29.1 Å². The van der Waals surface area contributed by atoms with E-state index in [9.17, 15) is 14.4 Å². The average molecular weight is 478 g/mol. The zero-order chi connectivity index (χ0) is 24.8. The molecule has 1 aromatic carbocycles. The molecule has 5 rings (SSSR count). The number of fused-ring (bicyclic) bond motifs is 1. The molecule has 3 heterocycles. The summed E-state index contributed by atoms with van der Waals surface area (Å²) in [6.07, 6.45) is 9.65. The summed E-state index contributed by atoms with van der Waals surface area (Å²) in [6, 6.07) is 8.87. The summed E-state index contributed by atoms with van der Waals surface area (Å²) in [6.45, 7) is 8.37. The summed E-state index contributed by atoms with van der Waals surface area (Å²) in [4.78, 5) is 42.5. The molecular formula is C28H35N3O4. The number of carbonyl (C=O) groups excluding carboxylic acids is 3. The lowest BCUT2D eigenvalue weighted by Crippen LogP contribution is -2.54. The van der Waals surface area contributed by atoms with Crippen molar-refractivity contribution in [3.8, 4) is 0 Å². The van der Waals surface area contributed by atoms with Gasteiger partial charge in [-0.3, -0.25) is 14.4 Å². The average Bonchev–Trinajstić information content (AvgIpc) is 3.41. The molecule has 1 aliphatic carbocycles. The van der Waals surface area contributed by atoms with Crippen LogP contribution in [0.25, 0.3) is 0 Å². The van der Waals surface area contributed by atoms with Crippen molar-refractivity contribution in [2.75, 3.05) is 6.54 Å². The number of hydrogen-bond donors (Lipinski definition) is 2. The molecule has 3 fully saturated rings. The molecule has 0 unspecified atom stereocenters. The van der Waals surface area contributed by atoms with Gasteiger partial charge in [0, 0.05) is 19.1 Å². The van der Waals surface area contributed by atoms with Gasteiger partial charge >= 0.3 is 0 Å². The van der Waals surface area contributed by atoms with E-state index in [4.69, 9.17) is 4.74 Å². The highest BCUT2D eigenvalue weighted by Crippen LogP contribution is 2.59. The Morgan fingerprint density at radius 1 is 1.17 bits per heavy atom. The molecule has 3 aliphatic heterocycles. The molecule has 1 spiro atoms. The Morgan fingerprint density at radius 2 is 1.91 bits per heavy atom. The van der Waals surface area contributed by atoms with Gasteiger partial charge in [0.25, 0.3) is 0 Å². The molecule has 186 valence electrons. The van der Waals surface area contributed by atoms with E-state index in [1.165, 1.54) is 11.3 Å². The zero-order valence-electron chi connectivity index (χ0n) is 20.5. The summed E-state index contributed by atoms with van der Waals surface area (Å²) >= 11 is 0. The lowest BCUT2D eigenvalue weighted by molar-refractivity contribution is -0.144. The van der Waals surface area contributed by atoms with E-state index in [1.807, 2.05) is 49.4 Å². The summed E-state index contributed by atoms with van der Waals surface area (Å²) in [7, 11) is 0. The van der Waals surface area contributed by atoms with E-state index in [1.54, 1.807) is 6.08 Å². The van der Waals surface area contributed by atoms with Crippen molar-refractivity contribution >= 4 is 17.7 Å². The highest BCUT2D eigenvalue weighted by atomic mass is 16.5. The first-order chi connectivity index (χ1) is 16.8. The van der Waals surface area contributed by atoms with Gasteiger partial charge in [-0.05, 0) is 31.2 Å². The standard InChI is InChI=1S/C28H35N3O4/c1-4-16-31-23(25(33)29-17-19-11-6-5-7-12-19)28-15-14-27(3,35-28)21(22(28)26(31)34)24(32)30-20-13-9-8-10-18(20)2/h4-7,11-12,14-15,18,20-23H,1,8-10,13,16-17H2,2-3H3,(H,29,33)(H,30,32)/t18-,20+,21+,22-,23-,27+,28-/m1/s1. The summed E-state index contributed by atoms with van der Waals surface area (Å²) in [5.41, 5.74) is -1.14. The quantitative estimate of drug-likeness (QED) is 0.591. The first kappa shape index (κ1) is 23.8. The largest absolute Gasteiger partial charge is 0.356 e.